The van der Waals surface area contributed by atoms with Crippen molar-refractivity contribution in [2.75, 3.05) is 5.32 Å². The molecule has 0 radical (unpaired) electrons. The Kier molecular flexibility index (Phi) is 5.39. The Morgan fingerprint density at radius 3 is 2.82 bits per heavy atom. The first-order chi connectivity index (χ1) is 8.15. The molecule has 0 saturated carbocycles. The van der Waals surface area contributed by atoms with Crippen molar-refractivity contribution in [1.29, 1.82) is 0 Å². The highest BCUT2D eigenvalue weighted by atomic mass is 16.2. The van der Waals surface area contributed by atoms with Crippen LogP contribution in [0.2, 0.25) is 0 Å². The van der Waals surface area contributed by atoms with Crippen molar-refractivity contribution in [3.8, 4) is 0 Å². The van der Waals surface area contributed by atoms with Crippen LogP contribution < -0.4 is 11.0 Å². The number of amides is 1. The second-order valence-electron chi connectivity index (χ2n) is 4.01. The normalized spacial score (nSPS) is 10.2. The molecule has 1 heterocycles. The van der Waals surface area contributed by atoms with Gasteiger partial charge in [-0.25, -0.2) is 9.78 Å². The fourth-order valence-corrected chi connectivity index (χ4v) is 1.64. The summed E-state index contributed by atoms with van der Waals surface area (Å²) in [6.07, 6.45) is 5.73. The topological polar surface area (TPSA) is 64.0 Å². The Balaban J connectivity index is 2.73. The first-order valence-corrected chi connectivity index (χ1v) is 5.98. The van der Waals surface area contributed by atoms with E-state index in [1.54, 1.807) is 6.07 Å². The van der Waals surface area contributed by atoms with Gasteiger partial charge < -0.3 is 5.32 Å². The van der Waals surface area contributed by atoms with Crippen molar-refractivity contribution >= 4 is 11.7 Å². The van der Waals surface area contributed by atoms with Crippen molar-refractivity contribution in [2.24, 2.45) is 0 Å². The van der Waals surface area contributed by atoms with E-state index >= 15 is 0 Å². The number of hydrogen-bond acceptors (Lipinski definition) is 3. The molecule has 17 heavy (non-hydrogen) atoms. The summed E-state index contributed by atoms with van der Waals surface area (Å²) in [7, 11) is 0. The molecule has 0 saturated heterocycles. The number of rotatable bonds is 6. The Bertz CT molecular complexity index is 426. The third-order valence-corrected chi connectivity index (χ3v) is 2.48. The number of aromatic nitrogens is 2. The van der Waals surface area contributed by atoms with E-state index < -0.39 is 0 Å². The highest BCUT2D eigenvalue weighted by molar-refractivity contribution is 5.87. The Morgan fingerprint density at radius 2 is 2.18 bits per heavy atom. The van der Waals surface area contributed by atoms with Gasteiger partial charge in [-0.05, 0) is 12.5 Å². The Morgan fingerprint density at radius 1 is 1.41 bits per heavy atom. The average molecular weight is 237 g/mol. The second kappa shape index (κ2) is 6.83. The van der Waals surface area contributed by atoms with E-state index in [0.29, 0.717) is 12.4 Å². The molecule has 5 nitrogen and oxygen atoms in total. The Labute approximate surface area is 101 Å². The van der Waals surface area contributed by atoms with Gasteiger partial charge in [0, 0.05) is 19.7 Å². The minimum absolute atomic E-state index is 0.182. The molecule has 0 bridgehead atoms. The minimum atomic E-state index is -0.312. The van der Waals surface area contributed by atoms with E-state index in [1.165, 1.54) is 17.7 Å². The monoisotopic (exact) mass is 237 g/mol. The summed E-state index contributed by atoms with van der Waals surface area (Å²) < 4.78 is 1.51. The van der Waals surface area contributed by atoms with Crippen LogP contribution in [0.15, 0.2) is 17.1 Å². The van der Waals surface area contributed by atoms with Gasteiger partial charge in [-0.1, -0.05) is 26.2 Å². The maximum atomic E-state index is 11.6. The summed E-state index contributed by atoms with van der Waals surface area (Å²) >= 11 is 0. The van der Waals surface area contributed by atoms with Crippen LogP contribution in [0.5, 0.6) is 0 Å². The highest BCUT2D eigenvalue weighted by Gasteiger charge is 2.05. The zero-order valence-electron chi connectivity index (χ0n) is 10.4. The molecule has 1 amide bonds. The van der Waals surface area contributed by atoms with E-state index in [1.807, 2.05) is 0 Å². The smallest absolute Gasteiger partial charge is 0.312 e. The van der Waals surface area contributed by atoms with E-state index in [9.17, 15) is 9.59 Å². The molecule has 94 valence electrons. The molecule has 0 aliphatic heterocycles. The van der Waals surface area contributed by atoms with Gasteiger partial charge in [0.1, 0.15) is 5.82 Å². The number of unbranched alkanes of at least 4 members (excludes halogenated alkanes) is 3. The largest absolute Gasteiger partial charge is 0.349 e. The van der Waals surface area contributed by atoms with Crippen LogP contribution in [0.3, 0.4) is 0 Å². The van der Waals surface area contributed by atoms with Crippen molar-refractivity contribution < 1.29 is 4.79 Å². The lowest BCUT2D eigenvalue weighted by atomic mass is 10.2. The fourth-order valence-electron chi connectivity index (χ4n) is 1.64. The lowest BCUT2D eigenvalue weighted by Crippen LogP contribution is -2.26. The predicted molar refractivity (Wildman–Crippen MR) is 66.9 cm³/mol. The number of nitrogens with zero attached hydrogens (tertiary/aromatic N) is 2. The minimum Gasteiger partial charge on any atom is -0.312 e. The number of carbonyl (C=O) groups excluding carboxylic acids is 1. The van der Waals surface area contributed by atoms with Gasteiger partial charge in [-0.3, -0.25) is 9.36 Å². The van der Waals surface area contributed by atoms with Crippen molar-refractivity contribution in [3.05, 3.63) is 22.7 Å². The van der Waals surface area contributed by atoms with Crippen LogP contribution in [-0.4, -0.2) is 15.5 Å². The van der Waals surface area contributed by atoms with Crippen molar-refractivity contribution in [2.45, 2.75) is 46.1 Å². The molecule has 0 aliphatic carbocycles. The van der Waals surface area contributed by atoms with Crippen LogP contribution in [0.1, 0.15) is 39.5 Å². The third-order valence-electron chi connectivity index (χ3n) is 2.48. The van der Waals surface area contributed by atoms with Gasteiger partial charge in [-0.15, -0.1) is 0 Å². The number of carbonyl (C=O) groups is 1. The summed E-state index contributed by atoms with van der Waals surface area (Å²) in [4.78, 5) is 26.3. The Hall–Kier alpha value is -1.65. The fraction of sp³-hybridized carbons (Fsp3) is 0.583. The standard InChI is InChI=1S/C12H19N3O2/c1-3-4-5-6-9-15-11(14-10(2)16)7-8-13-12(15)17/h7-8H,3-6,9H2,1-2H3,(H,14,16). The summed E-state index contributed by atoms with van der Waals surface area (Å²) in [5.41, 5.74) is -0.312. The van der Waals surface area contributed by atoms with E-state index in [2.05, 4.69) is 17.2 Å². The summed E-state index contributed by atoms with van der Waals surface area (Å²) in [5.74, 6) is 0.340. The summed E-state index contributed by atoms with van der Waals surface area (Å²) in [5, 5.41) is 2.64. The number of anilines is 1. The molecule has 0 aromatic carbocycles. The van der Waals surface area contributed by atoms with Crippen molar-refractivity contribution in [3.63, 3.8) is 0 Å². The molecule has 1 aromatic heterocycles. The highest BCUT2D eigenvalue weighted by Crippen LogP contribution is 2.06. The molecule has 1 rings (SSSR count). The molecular formula is C12H19N3O2. The van der Waals surface area contributed by atoms with Crippen LogP contribution in [-0.2, 0) is 11.3 Å². The van der Waals surface area contributed by atoms with Crippen LogP contribution in [0, 0.1) is 0 Å². The van der Waals surface area contributed by atoms with Gasteiger partial charge in [0.05, 0.1) is 0 Å². The number of nitrogens with one attached hydrogen (secondary N) is 1. The lowest BCUT2D eigenvalue weighted by molar-refractivity contribution is -0.114. The van der Waals surface area contributed by atoms with E-state index in [0.717, 1.165) is 25.7 Å². The molecule has 0 spiro atoms. The van der Waals surface area contributed by atoms with E-state index in [4.69, 9.17) is 0 Å². The average Bonchev–Trinajstić information content (AvgIpc) is 2.26. The molecule has 5 heteroatoms. The van der Waals surface area contributed by atoms with Crippen LogP contribution in [0.4, 0.5) is 5.82 Å². The predicted octanol–water partition coefficient (Wildman–Crippen LogP) is 1.78. The molecule has 1 N–H and O–H groups in total. The molecule has 0 atom stereocenters. The maximum Gasteiger partial charge on any atom is 0.349 e. The molecular weight excluding hydrogens is 218 g/mol. The van der Waals surface area contributed by atoms with Crippen LogP contribution in [0.25, 0.3) is 0 Å². The summed E-state index contributed by atoms with van der Waals surface area (Å²) in [6, 6.07) is 1.64. The third kappa shape index (κ3) is 4.38. The first-order valence-electron chi connectivity index (χ1n) is 5.98. The number of hydrogen-bond donors (Lipinski definition) is 1. The molecule has 0 fully saturated rings. The SMILES string of the molecule is CCCCCCn1c(NC(C)=O)ccnc1=O. The molecule has 0 aliphatic rings. The zero-order chi connectivity index (χ0) is 12.7. The second-order valence-corrected chi connectivity index (χ2v) is 4.01. The van der Waals surface area contributed by atoms with Gasteiger partial charge in [0.15, 0.2) is 0 Å². The van der Waals surface area contributed by atoms with Gasteiger partial charge >= 0.3 is 5.69 Å². The van der Waals surface area contributed by atoms with Gasteiger partial charge in [0.25, 0.3) is 0 Å². The quantitative estimate of drug-likeness (QED) is 0.767. The summed E-state index contributed by atoms with van der Waals surface area (Å²) in [6.45, 7) is 4.16. The lowest BCUT2D eigenvalue weighted by Gasteiger charge is -2.11. The first kappa shape index (κ1) is 13.4. The van der Waals surface area contributed by atoms with Crippen molar-refractivity contribution in [1.82, 2.24) is 9.55 Å². The molecule has 0 unspecified atom stereocenters. The zero-order valence-corrected chi connectivity index (χ0v) is 10.4. The maximum absolute atomic E-state index is 11.6. The molecule has 1 aromatic rings. The van der Waals surface area contributed by atoms with E-state index in [-0.39, 0.29) is 11.6 Å². The van der Waals surface area contributed by atoms with Crippen LogP contribution >= 0.6 is 0 Å². The van der Waals surface area contributed by atoms with Gasteiger partial charge in [0.2, 0.25) is 5.91 Å². The van der Waals surface area contributed by atoms with Gasteiger partial charge in [-0.2, -0.15) is 0 Å².